The molecular weight excluding hydrogens is 237 g/mol. The summed E-state index contributed by atoms with van der Waals surface area (Å²) in [4.78, 5) is -0.466. The summed E-state index contributed by atoms with van der Waals surface area (Å²) in [5.74, 6) is 0. The standard InChI is InChI=1S/C7H8ClNO3S.Na/c1-4-2-5(9)3-6(7(4)8)13(10,11)12;/h2-3H,9H2,1H3,(H,10,11,12);/q;+1/p-1. The smallest absolute Gasteiger partial charge is 0.744 e. The van der Waals surface area contributed by atoms with Crippen molar-refractivity contribution < 1.29 is 42.5 Å². The number of anilines is 1. The first-order chi connectivity index (χ1) is 5.82. The van der Waals surface area contributed by atoms with Crippen LogP contribution in [0, 0.1) is 6.92 Å². The Hall–Kier alpha value is 0.220. The van der Waals surface area contributed by atoms with Crippen LogP contribution in [0.2, 0.25) is 5.02 Å². The molecule has 0 aromatic heterocycles. The van der Waals surface area contributed by atoms with Gasteiger partial charge >= 0.3 is 29.6 Å². The molecule has 72 valence electrons. The van der Waals surface area contributed by atoms with E-state index < -0.39 is 15.0 Å². The van der Waals surface area contributed by atoms with E-state index in [1.54, 1.807) is 6.92 Å². The Bertz CT molecular complexity index is 446. The number of nitrogen functional groups attached to an aromatic ring is 1. The molecule has 1 aromatic carbocycles. The molecule has 0 amide bonds. The van der Waals surface area contributed by atoms with E-state index in [1.807, 2.05) is 0 Å². The molecular formula is C7H7ClNNaO3S. The van der Waals surface area contributed by atoms with Crippen molar-refractivity contribution in [2.24, 2.45) is 0 Å². The molecule has 4 nitrogen and oxygen atoms in total. The zero-order valence-corrected chi connectivity index (χ0v) is 11.3. The quantitative estimate of drug-likeness (QED) is 0.356. The van der Waals surface area contributed by atoms with E-state index in [9.17, 15) is 13.0 Å². The van der Waals surface area contributed by atoms with Gasteiger partial charge in [-0.2, -0.15) is 0 Å². The Morgan fingerprint density at radius 1 is 1.43 bits per heavy atom. The minimum Gasteiger partial charge on any atom is -0.744 e. The Kier molecular flexibility index (Phi) is 4.90. The van der Waals surface area contributed by atoms with E-state index >= 15 is 0 Å². The predicted octanol–water partition coefficient (Wildman–Crippen LogP) is -1.86. The van der Waals surface area contributed by atoms with Gasteiger partial charge in [-0.1, -0.05) is 11.6 Å². The second-order valence-electron chi connectivity index (χ2n) is 2.60. The summed E-state index contributed by atoms with van der Waals surface area (Å²) in [5, 5.41) is -0.0656. The molecule has 0 fully saturated rings. The Balaban J connectivity index is 0.00000169. The van der Waals surface area contributed by atoms with Gasteiger partial charge in [0.2, 0.25) is 0 Å². The van der Waals surface area contributed by atoms with Crippen molar-refractivity contribution in [3.63, 3.8) is 0 Å². The fourth-order valence-corrected chi connectivity index (χ4v) is 2.00. The van der Waals surface area contributed by atoms with Gasteiger partial charge in [0, 0.05) is 5.69 Å². The zero-order valence-electron chi connectivity index (χ0n) is 7.74. The maximum absolute atomic E-state index is 10.7. The van der Waals surface area contributed by atoms with Gasteiger partial charge in [-0.25, -0.2) is 8.42 Å². The summed E-state index contributed by atoms with van der Waals surface area (Å²) in [7, 11) is -4.54. The van der Waals surface area contributed by atoms with Crippen molar-refractivity contribution in [2.75, 3.05) is 5.73 Å². The number of halogens is 1. The summed E-state index contributed by atoms with van der Waals surface area (Å²) >= 11 is 5.62. The van der Waals surface area contributed by atoms with Gasteiger partial charge in [0.1, 0.15) is 10.1 Å². The molecule has 0 bridgehead atoms. The fourth-order valence-electron chi connectivity index (χ4n) is 0.946. The summed E-state index contributed by atoms with van der Waals surface area (Å²) in [6.07, 6.45) is 0. The summed E-state index contributed by atoms with van der Waals surface area (Å²) in [6, 6.07) is 2.55. The average Bonchev–Trinajstić information content (AvgIpc) is 1.94. The molecule has 1 rings (SSSR count). The molecule has 0 saturated heterocycles. The van der Waals surface area contributed by atoms with Gasteiger partial charge in [0.25, 0.3) is 0 Å². The first kappa shape index (κ1) is 14.2. The van der Waals surface area contributed by atoms with Crippen LogP contribution in [0.4, 0.5) is 5.69 Å². The van der Waals surface area contributed by atoms with Crippen LogP contribution in [0.3, 0.4) is 0 Å². The van der Waals surface area contributed by atoms with Crippen LogP contribution in [0.25, 0.3) is 0 Å². The number of nitrogens with two attached hydrogens (primary N) is 1. The Morgan fingerprint density at radius 2 is 1.93 bits per heavy atom. The van der Waals surface area contributed by atoms with E-state index in [0.717, 1.165) is 6.07 Å². The molecule has 0 spiro atoms. The molecule has 0 aliphatic heterocycles. The van der Waals surface area contributed by atoms with Crippen LogP contribution >= 0.6 is 11.6 Å². The summed E-state index contributed by atoms with van der Waals surface area (Å²) in [5.41, 5.74) is 6.04. The molecule has 14 heavy (non-hydrogen) atoms. The maximum Gasteiger partial charge on any atom is 1.00 e. The topological polar surface area (TPSA) is 83.2 Å². The van der Waals surface area contributed by atoms with Crippen LogP contribution < -0.4 is 35.3 Å². The van der Waals surface area contributed by atoms with Gasteiger partial charge < -0.3 is 10.3 Å². The van der Waals surface area contributed by atoms with Crippen molar-refractivity contribution >= 4 is 27.4 Å². The fraction of sp³-hybridized carbons (Fsp3) is 0.143. The third-order valence-electron chi connectivity index (χ3n) is 1.51. The van der Waals surface area contributed by atoms with Crippen LogP contribution in [0.15, 0.2) is 17.0 Å². The van der Waals surface area contributed by atoms with Gasteiger partial charge in [-0.3, -0.25) is 0 Å². The third-order valence-corrected chi connectivity index (χ3v) is 2.99. The number of hydrogen-bond donors (Lipinski definition) is 1. The van der Waals surface area contributed by atoms with Crippen LogP contribution in [-0.4, -0.2) is 13.0 Å². The van der Waals surface area contributed by atoms with E-state index in [0.29, 0.717) is 5.56 Å². The molecule has 2 N–H and O–H groups in total. The molecule has 0 aliphatic carbocycles. The van der Waals surface area contributed by atoms with Crippen LogP contribution in [0.1, 0.15) is 5.56 Å². The van der Waals surface area contributed by atoms with E-state index in [-0.39, 0.29) is 40.3 Å². The van der Waals surface area contributed by atoms with Gasteiger partial charge in [0.05, 0.1) is 9.92 Å². The monoisotopic (exact) mass is 243 g/mol. The summed E-state index contributed by atoms with van der Waals surface area (Å²) in [6.45, 7) is 1.58. The molecule has 0 aliphatic rings. The third kappa shape index (κ3) is 3.12. The Morgan fingerprint density at radius 3 is 2.36 bits per heavy atom. The maximum atomic E-state index is 10.7. The SMILES string of the molecule is Cc1cc(N)cc(S(=O)(=O)[O-])c1Cl.[Na+]. The molecule has 1 aromatic rings. The van der Waals surface area contributed by atoms with Gasteiger partial charge in [0.15, 0.2) is 0 Å². The minimum atomic E-state index is -4.54. The molecule has 0 unspecified atom stereocenters. The van der Waals surface area contributed by atoms with Crippen molar-refractivity contribution in [1.82, 2.24) is 0 Å². The second kappa shape index (κ2) is 4.83. The van der Waals surface area contributed by atoms with E-state index in [4.69, 9.17) is 17.3 Å². The second-order valence-corrected chi connectivity index (χ2v) is 4.33. The van der Waals surface area contributed by atoms with Crippen LogP contribution in [-0.2, 0) is 10.1 Å². The van der Waals surface area contributed by atoms with E-state index in [1.165, 1.54) is 6.07 Å². The first-order valence-electron chi connectivity index (χ1n) is 3.34. The summed E-state index contributed by atoms with van der Waals surface area (Å²) < 4.78 is 32.0. The number of hydrogen-bond acceptors (Lipinski definition) is 4. The van der Waals surface area contributed by atoms with Gasteiger partial charge in [-0.15, -0.1) is 0 Å². The van der Waals surface area contributed by atoms with Crippen molar-refractivity contribution in [3.05, 3.63) is 22.7 Å². The molecule has 0 radical (unpaired) electrons. The number of rotatable bonds is 1. The molecule has 7 heteroatoms. The van der Waals surface area contributed by atoms with Crippen molar-refractivity contribution in [1.29, 1.82) is 0 Å². The normalized spacial score (nSPS) is 10.8. The largest absolute Gasteiger partial charge is 1.00 e. The van der Waals surface area contributed by atoms with Crippen molar-refractivity contribution in [3.8, 4) is 0 Å². The van der Waals surface area contributed by atoms with Gasteiger partial charge in [-0.05, 0) is 24.6 Å². The molecule has 0 saturated carbocycles. The minimum absolute atomic E-state index is 0. The molecule has 0 heterocycles. The average molecular weight is 244 g/mol. The zero-order chi connectivity index (χ0) is 10.2. The number of aryl methyl sites for hydroxylation is 1. The Labute approximate surface area is 109 Å². The van der Waals surface area contributed by atoms with Crippen LogP contribution in [0.5, 0.6) is 0 Å². The van der Waals surface area contributed by atoms with Crippen molar-refractivity contribution in [2.45, 2.75) is 11.8 Å². The number of benzene rings is 1. The molecule has 0 atom stereocenters. The van der Waals surface area contributed by atoms with E-state index in [2.05, 4.69) is 0 Å². The first-order valence-corrected chi connectivity index (χ1v) is 5.12. The predicted molar refractivity (Wildman–Crippen MR) is 48.6 cm³/mol.